The maximum atomic E-state index is 11.9. The second-order valence-electron chi connectivity index (χ2n) is 2.75. The zero-order valence-electron chi connectivity index (χ0n) is 7.51. The molecular weight excluding hydrogens is 162 g/mol. The van der Waals surface area contributed by atoms with Gasteiger partial charge in [0.1, 0.15) is 0 Å². The summed E-state index contributed by atoms with van der Waals surface area (Å²) < 4.78 is 23.9. The topological polar surface area (TPSA) is 38.4 Å². The number of halogens is 2. The SMILES string of the molecule is CN=C(/C=C(\N)C(F)F)C(C)C. The van der Waals surface area contributed by atoms with Gasteiger partial charge in [0.05, 0.1) is 5.70 Å². The molecule has 4 heteroatoms. The highest BCUT2D eigenvalue weighted by Gasteiger charge is 2.08. The molecule has 0 rings (SSSR count). The quantitative estimate of drug-likeness (QED) is 0.654. The van der Waals surface area contributed by atoms with Crippen molar-refractivity contribution in [3.05, 3.63) is 11.8 Å². The van der Waals surface area contributed by atoms with Gasteiger partial charge in [-0.15, -0.1) is 0 Å². The van der Waals surface area contributed by atoms with Crippen molar-refractivity contribution < 1.29 is 8.78 Å². The van der Waals surface area contributed by atoms with Crippen molar-refractivity contribution in [2.45, 2.75) is 20.3 Å². The van der Waals surface area contributed by atoms with Crippen LogP contribution in [0.2, 0.25) is 0 Å². The third-order valence-electron chi connectivity index (χ3n) is 1.42. The second kappa shape index (κ2) is 4.85. The summed E-state index contributed by atoms with van der Waals surface area (Å²) in [5.41, 5.74) is 5.23. The number of hydrogen-bond acceptors (Lipinski definition) is 2. The number of hydrogen-bond donors (Lipinski definition) is 1. The lowest BCUT2D eigenvalue weighted by Crippen LogP contribution is -2.13. The van der Waals surface area contributed by atoms with E-state index in [9.17, 15) is 8.78 Å². The summed E-state index contributed by atoms with van der Waals surface area (Å²) in [5, 5.41) is 0. The summed E-state index contributed by atoms with van der Waals surface area (Å²) in [5.74, 6) is 0.118. The average Bonchev–Trinajstić information content (AvgIpc) is 1.98. The fourth-order valence-corrected chi connectivity index (χ4v) is 0.723. The number of alkyl halides is 2. The molecule has 0 heterocycles. The van der Waals surface area contributed by atoms with E-state index in [1.54, 1.807) is 7.05 Å². The van der Waals surface area contributed by atoms with Crippen LogP contribution in [-0.4, -0.2) is 19.2 Å². The van der Waals surface area contributed by atoms with E-state index in [4.69, 9.17) is 5.73 Å². The third-order valence-corrected chi connectivity index (χ3v) is 1.42. The van der Waals surface area contributed by atoms with E-state index in [1.165, 1.54) is 6.08 Å². The molecule has 0 saturated carbocycles. The van der Waals surface area contributed by atoms with Crippen LogP contribution in [0.25, 0.3) is 0 Å². The summed E-state index contributed by atoms with van der Waals surface area (Å²) in [4.78, 5) is 3.84. The van der Waals surface area contributed by atoms with Crippen molar-refractivity contribution in [2.24, 2.45) is 16.6 Å². The van der Waals surface area contributed by atoms with Crippen LogP contribution in [0.3, 0.4) is 0 Å². The lowest BCUT2D eigenvalue weighted by atomic mass is 10.1. The Morgan fingerprint density at radius 2 is 1.92 bits per heavy atom. The molecule has 0 aromatic carbocycles. The van der Waals surface area contributed by atoms with Crippen LogP contribution < -0.4 is 5.73 Å². The van der Waals surface area contributed by atoms with Gasteiger partial charge in [0.2, 0.25) is 0 Å². The van der Waals surface area contributed by atoms with Gasteiger partial charge >= 0.3 is 0 Å². The van der Waals surface area contributed by atoms with Gasteiger partial charge in [0.15, 0.2) is 0 Å². The molecule has 0 aliphatic rings. The molecule has 0 fully saturated rings. The first-order chi connectivity index (χ1) is 5.49. The minimum atomic E-state index is -2.60. The number of rotatable bonds is 3. The van der Waals surface area contributed by atoms with Gasteiger partial charge in [-0.05, 0) is 12.0 Å². The van der Waals surface area contributed by atoms with E-state index in [0.717, 1.165) is 0 Å². The van der Waals surface area contributed by atoms with E-state index >= 15 is 0 Å². The Morgan fingerprint density at radius 1 is 1.42 bits per heavy atom. The first-order valence-electron chi connectivity index (χ1n) is 3.71. The Balaban J connectivity index is 4.49. The van der Waals surface area contributed by atoms with Crippen molar-refractivity contribution in [1.29, 1.82) is 0 Å². The van der Waals surface area contributed by atoms with Gasteiger partial charge in [-0.1, -0.05) is 13.8 Å². The van der Waals surface area contributed by atoms with E-state index in [1.807, 2.05) is 13.8 Å². The summed E-state index contributed by atoms with van der Waals surface area (Å²) in [6, 6.07) is 0. The molecule has 0 aliphatic carbocycles. The molecule has 0 aliphatic heterocycles. The molecule has 0 radical (unpaired) electrons. The smallest absolute Gasteiger partial charge is 0.277 e. The fourth-order valence-electron chi connectivity index (χ4n) is 0.723. The minimum Gasteiger partial charge on any atom is -0.397 e. The molecule has 2 N–H and O–H groups in total. The second-order valence-corrected chi connectivity index (χ2v) is 2.75. The number of aliphatic imine (C=N–C) groups is 1. The minimum absolute atomic E-state index is 0.118. The van der Waals surface area contributed by atoms with E-state index in [-0.39, 0.29) is 5.92 Å². The van der Waals surface area contributed by atoms with Crippen molar-refractivity contribution in [1.82, 2.24) is 0 Å². The van der Waals surface area contributed by atoms with Crippen LogP contribution in [0.15, 0.2) is 16.8 Å². The van der Waals surface area contributed by atoms with Gasteiger partial charge in [-0.3, -0.25) is 4.99 Å². The molecule has 70 valence electrons. The normalized spacial score (nSPS) is 14.6. The Bertz CT molecular complexity index is 195. The van der Waals surface area contributed by atoms with Crippen LogP contribution in [0, 0.1) is 5.92 Å². The molecule has 0 bridgehead atoms. The highest BCUT2D eigenvalue weighted by molar-refractivity contribution is 5.96. The molecule has 12 heavy (non-hydrogen) atoms. The zero-order valence-corrected chi connectivity index (χ0v) is 7.51. The molecule has 0 saturated heterocycles. The van der Waals surface area contributed by atoms with E-state index < -0.39 is 12.1 Å². The van der Waals surface area contributed by atoms with Crippen LogP contribution in [0.5, 0.6) is 0 Å². The largest absolute Gasteiger partial charge is 0.397 e. The molecule has 2 nitrogen and oxygen atoms in total. The molecule has 0 aromatic rings. The van der Waals surface area contributed by atoms with Crippen molar-refractivity contribution >= 4 is 5.71 Å². The Hall–Kier alpha value is -0.930. The molecule has 0 aromatic heterocycles. The Kier molecular flexibility index (Phi) is 4.47. The third kappa shape index (κ3) is 3.46. The number of allylic oxidation sites excluding steroid dienone is 2. The first kappa shape index (κ1) is 11.1. The highest BCUT2D eigenvalue weighted by Crippen LogP contribution is 2.05. The van der Waals surface area contributed by atoms with Gasteiger partial charge in [0.25, 0.3) is 6.43 Å². The summed E-state index contributed by atoms with van der Waals surface area (Å²) >= 11 is 0. The van der Waals surface area contributed by atoms with Crippen LogP contribution in [-0.2, 0) is 0 Å². The average molecular weight is 176 g/mol. The highest BCUT2D eigenvalue weighted by atomic mass is 19.3. The Labute approximate surface area is 71.2 Å². The predicted octanol–water partition coefficient (Wildman–Crippen LogP) is 1.82. The predicted molar refractivity (Wildman–Crippen MR) is 46.5 cm³/mol. The number of nitrogens with zero attached hydrogens (tertiary/aromatic N) is 1. The van der Waals surface area contributed by atoms with E-state index in [2.05, 4.69) is 4.99 Å². The van der Waals surface area contributed by atoms with Crippen molar-refractivity contribution in [3.8, 4) is 0 Å². The monoisotopic (exact) mass is 176 g/mol. The van der Waals surface area contributed by atoms with Crippen LogP contribution in [0.4, 0.5) is 8.78 Å². The standard InChI is InChI=1S/C8H14F2N2/c1-5(2)7(12-3)4-6(11)8(9)10/h4-5,8H,11H2,1-3H3/b6-4-,12-7?. The van der Waals surface area contributed by atoms with Crippen molar-refractivity contribution in [2.75, 3.05) is 7.05 Å². The fraction of sp³-hybridized carbons (Fsp3) is 0.625. The van der Waals surface area contributed by atoms with Gasteiger partial charge in [-0.2, -0.15) is 0 Å². The molecule has 0 atom stereocenters. The van der Waals surface area contributed by atoms with Gasteiger partial charge < -0.3 is 5.73 Å². The zero-order chi connectivity index (χ0) is 9.72. The van der Waals surface area contributed by atoms with Crippen LogP contribution in [0.1, 0.15) is 13.8 Å². The summed E-state index contributed by atoms with van der Waals surface area (Å²) in [7, 11) is 1.56. The van der Waals surface area contributed by atoms with E-state index in [0.29, 0.717) is 5.71 Å². The van der Waals surface area contributed by atoms with Crippen LogP contribution >= 0.6 is 0 Å². The lowest BCUT2D eigenvalue weighted by molar-refractivity contribution is 0.188. The van der Waals surface area contributed by atoms with Crippen molar-refractivity contribution in [3.63, 3.8) is 0 Å². The lowest BCUT2D eigenvalue weighted by Gasteiger charge is -2.05. The van der Waals surface area contributed by atoms with Gasteiger partial charge in [0, 0.05) is 12.8 Å². The summed E-state index contributed by atoms with van der Waals surface area (Å²) in [6.45, 7) is 3.75. The number of nitrogens with two attached hydrogens (primary N) is 1. The first-order valence-corrected chi connectivity index (χ1v) is 3.71. The molecular formula is C8H14F2N2. The maximum Gasteiger partial charge on any atom is 0.277 e. The Morgan fingerprint density at radius 3 is 2.17 bits per heavy atom. The van der Waals surface area contributed by atoms with Gasteiger partial charge in [-0.25, -0.2) is 8.78 Å². The molecule has 0 unspecified atom stereocenters. The summed E-state index contributed by atoms with van der Waals surface area (Å²) in [6.07, 6.45) is -1.37. The maximum absolute atomic E-state index is 11.9. The molecule has 0 spiro atoms. The molecule has 0 amide bonds.